The molecule has 39 heavy (non-hydrogen) atoms. The number of carbonyl (C=O) groups excluding carboxylic acids is 1. The van der Waals surface area contributed by atoms with Crippen molar-refractivity contribution in [3.05, 3.63) is 59.7 Å². The van der Waals surface area contributed by atoms with E-state index in [2.05, 4.69) is 55.7 Å². The lowest BCUT2D eigenvalue weighted by Gasteiger charge is -2.19. The molecule has 2 aromatic carbocycles. The molecule has 0 atom stereocenters. The normalized spacial score (nSPS) is 11.7. The van der Waals surface area contributed by atoms with E-state index in [1.807, 2.05) is 45.0 Å². The van der Waals surface area contributed by atoms with Gasteiger partial charge in [-0.2, -0.15) is 0 Å². The van der Waals surface area contributed by atoms with E-state index in [-0.39, 0.29) is 11.7 Å². The number of ether oxygens (including phenoxy) is 4. The summed E-state index contributed by atoms with van der Waals surface area (Å²) >= 11 is 0. The highest BCUT2D eigenvalue weighted by molar-refractivity contribution is 5.67. The lowest BCUT2D eigenvalue weighted by Crippen LogP contribution is -2.33. The molecule has 0 aliphatic heterocycles. The predicted molar refractivity (Wildman–Crippen MR) is 158 cm³/mol. The van der Waals surface area contributed by atoms with Crippen LogP contribution in [0.2, 0.25) is 0 Å². The molecule has 218 valence electrons. The van der Waals surface area contributed by atoms with Gasteiger partial charge in [-0.3, -0.25) is 5.32 Å². The fourth-order valence-corrected chi connectivity index (χ4v) is 3.64. The van der Waals surface area contributed by atoms with Gasteiger partial charge in [0.25, 0.3) is 0 Å². The summed E-state index contributed by atoms with van der Waals surface area (Å²) in [5, 5.41) is 6.10. The molecule has 0 aliphatic carbocycles. The van der Waals surface area contributed by atoms with Crippen molar-refractivity contribution in [3.8, 4) is 11.5 Å². The van der Waals surface area contributed by atoms with E-state index in [4.69, 9.17) is 18.9 Å². The number of nitrogens with one attached hydrogen (secondary N) is 2. The second kappa shape index (κ2) is 17.0. The first-order valence-electron chi connectivity index (χ1n) is 14.3. The first-order chi connectivity index (χ1) is 18.5. The molecule has 0 heterocycles. The van der Waals surface area contributed by atoms with Gasteiger partial charge in [0.1, 0.15) is 17.1 Å². The number of hydrogen-bond acceptors (Lipinski definition) is 6. The van der Waals surface area contributed by atoms with Crippen molar-refractivity contribution in [2.75, 3.05) is 33.0 Å². The third-order valence-electron chi connectivity index (χ3n) is 5.70. The summed E-state index contributed by atoms with van der Waals surface area (Å²) in [6.07, 6.45) is 5.61. The topological polar surface area (TPSA) is 78.0 Å². The van der Waals surface area contributed by atoms with E-state index < -0.39 is 5.60 Å². The van der Waals surface area contributed by atoms with Crippen molar-refractivity contribution < 1.29 is 23.7 Å². The average molecular weight is 543 g/mol. The lowest BCUT2D eigenvalue weighted by molar-refractivity contribution is -0.0128. The lowest BCUT2D eigenvalue weighted by atomic mass is 10.1. The summed E-state index contributed by atoms with van der Waals surface area (Å²) in [6, 6.07) is 16.4. The van der Waals surface area contributed by atoms with Gasteiger partial charge in [-0.25, -0.2) is 4.79 Å². The molecule has 0 saturated heterocycles. The molecule has 0 fully saturated rings. The van der Waals surface area contributed by atoms with E-state index in [1.165, 1.54) is 5.56 Å². The van der Waals surface area contributed by atoms with Crippen LogP contribution in [0.5, 0.6) is 11.5 Å². The fraction of sp³-hybridized carbons (Fsp3) is 0.594. The molecule has 0 radical (unpaired) electrons. The molecular weight excluding hydrogens is 492 g/mol. The Bertz CT molecular complexity index is 931. The van der Waals surface area contributed by atoms with Crippen LogP contribution in [0, 0.1) is 0 Å². The maximum Gasteiger partial charge on any atom is 0.407 e. The van der Waals surface area contributed by atoms with Gasteiger partial charge in [-0.15, -0.1) is 0 Å². The monoisotopic (exact) mass is 542 g/mol. The van der Waals surface area contributed by atoms with Crippen molar-refractivity contribution >= 4 is 6.09 Å². The predicted octanol–water partition coefficient (Wildman–Crippen LogP) is 6.68. The van der Waals surface area contributed by atoms with Crippen LogP contribution in [0.15, 0.2) is 48.5 Å². The molecule has 0 saturated carbocycles. The summed E-state index contributed by atoms with van der Waals surface area (Å²) in [7, 11) is 0. The largest absolute Gasteiger partial charge is 0.494 e. The molecular formula is C32H50N2O5. The highest BCUT2D eigenvalue weighted by Crippen LogP contribution is 2.15. The third-order valence-corrected chi connectivity index (χ3v) is 5.70. The number of unbranched alkanes of at least 4 members (excludes halogenated alkanes) is 3. The minimum absolute atomic E-state index is 0.112. The van der Waals surface area contributed by atoms with E-state index in [9.17, 15) is 4.79 Å². The Hall–Kier alpha value is -2.77. The van der Waals surface area contributed by atoms with E-state index in [0.29, 0.717) is 19.9 Å². The highest BCUT2D eigenvalue weighted by Gasteiger charge is 2.15. The van der Waals surface area contributed by atoms with Gasteiger partial charge < -0.3 is 24.3 Å². The zero-order valence-electron chi connectivity index (χ0n) is 24.9. The first kappa shape index (κ1) is 32.4. The number of carbonyl (C=O) groups is 1. The number of hydrogen-bond donors (Lipinski definition) is 2. The second-order valence-electron chi connectivity index (χ2n) is 11.7. The molecule has 0 unspecified atom stereocenters. The summed E-state index contributed by atoms with van der Waals surface area (Å²) in [5.41, 5.74) is 1.84. The molecule has 1 amide bonds. The van der Waals surface area contributed by atoms with Crippen LogP contribution in [0.25, 0.3) is 0 Å². The van der Waals surface area contributed by atoms with Gasteiger partial charge >= 0.3 is 6.09 Å². The maximum absolute atomic E-state index is 11.7. The average Bonchev–Trinajstić information content (AvgIpc) is 2.85. The van der Waals surface area contributed by atoms with E-state index >= 15 is 0 Å². The Kier molecular flexibility index (Phi) is 14.2. The van der Waals surface area contributed by atoms with Gasteiger partial charge in [0, 0.05) is 13.1 Å². The van der Waals surface area contributed by atoms with Crippen LogP contribution in [0.4, 0.5) is 4.79 Å². The van der Waals surface area contributed by atoms with Crippen LogP contribution in [-0.2, 0) is 22.3 Å². The zero-order valence-corrected chi connectivity index (χ0v) is 24.9. The summed E-state index contributed by atoms with van der Waals surface area (Å²) in [4.78, 5) is 11.7. The van der Waals surface area contributed by atoms with Crippen molar-refractivity contribution in [1.82, 2.24) is 10.6 Å². The quantitative estimate of drug-likeness (QED) is 0.172. The van der Waals surface area contributed by atoms with E-state index in [1.54, 1.807) is 0 Å². The Labute approximate surface area is 236 Å². The van der Waals surface area contributed by atoms with Gasteiger partial charge in [-0.1, -0.05) is 24.3 Å². The molecule has 7 heteroatoms. The number of amides is 1. The summed E-state index contributed by atoms with van der Waals surface area (Å²) in [6.45, 7) is 15.2. The fourth-order valence-electron chi connectivity index (χ4n) is 3.64. The van der Waals surface area contributed by atoms with Crippen molar-refractivity contribution in [2.45, 2.75) is 91.3 Å². The standard InChI is InChI=1S/C32H50N2O5/c1-31(2,3)38-25-33-21-19-26-11-15-28(16-12-26)36-23-9-7-8-10-24-37-29-17-13-27(14-18-29)20-22-34-30(35)39-32(4,5)6/h11-18,33H,7-10,19-25H2,1-6H3,(H,34,35). The van der Waals surface area contributed by atoms with Gasteiger partial charge in [-0.05, 0) is 115 Å². The van der Waals surface area contributed by atoms with Crippen molar-refractivity contribution in [1.29, 1.82) is 0 Å². The molecule has 0 spiro atoms. The Morgan fingerprint density at radius 2 is 1.15 bits per heavy atom. The molecule has 0 aliphatic rings. The minimum atomic E-state index is -0.482. The highest BCUT2D eigenvalue weighted by atomic mass is 16.6. The van der Waals surface area contributed by atoms with Gasteiger partial charge in [0.05, 0.1) is 25.5 Å². The second-order valence-corrected chi connectivity index (χ2v) is 11.7. The van der Waals surface area contributed by atoms with Crippen molar-refractivity contribution in [3.63, 3.8) is 0 Å². The SMILES string of the molecule is CC(C)(C)OCNCCc1ccc(OCCCCCCOc2ccc(CCNC(=O)OC(C)(C)C)cc2)cc1. The number of rotatable bonds is 17. The Morgan fingerprint density at radius 3 is 1.62 bits per heavy atom. The van der Waals surface area contributed by atoms with Crippen LogP contribution in [0.1, 0.15) is 78.4 Å². The molecule has 7 nitrogen and oxygen atoms in total. The van der Waals surface area contributed by atoms with Crippen LogP contribution in [-0.4, -0.2) is 50.3 Å². The van der Waals surface area contributed by atoms with Crippen LogP contribution >= 0.6 is 0 Å². The first-order valence-corrected chi connectivity index (χ1v) is 14.3. The zero-order chi connectivity index (χ0) is 28.6. The van der Waals surface area contributed by atoms with Gasteiger partial charge in [0.15, 0.2) is 0 Å². The van der Waals surface area contributed by atoms with Crippen LogP contribution < -0.4 is 20.1 Å². The smallest absolute Gasteiger partial charge is 0.407 e. The minimum Gasteiger partial charge on any atom is -0.494 e. The summed E-state index contributed by atoms with van der Waals surface area (Å²) in [5.74, 6) is 1.80. The Morgan fingerprint density at radius 1 is 0.667 bits per heavy atom. The molecule has 0 bridgehead atoms. The Balaban J connectivity index is 1.47. The number of benzene rings is 2. The number of alkyl carbamates (subject to hydrolysis) is 1. The molecule has 2 rings (SSSR count). The molecule has 2 aromatic rings. The van der Waals surface area contributed by atoms with Crippen molar-refractivity contribution in [2.24, 2.45) is 0 Å². The molecule has 2 N–H and O–H groups in total. The van der Waals surface area contributed by atoms with E-state index in [0.717, 1.165) is 68.7 Å². The maximum atomic E-state index is 11.7. The van der Waals surface area contributed by atoms with Gasteiger partial charge in [0.2, 0.25) is 0 Å². The third kappa shape index (κ3) is 16.7. The molecule has 0 aromatic heterocycles. The van der Waals surface area contributed by atoms with Crippen LogP contribution in [0.3, 0.4) is 0 Å². The summed E-state index contributed by atoms with van der Waals surface area (Å²) < 4.78 is 22.7.